The lowest BCUT2D eigenvalue weighted by Crippen LogP contribution is -2.16. The van der Waals surface area contributed by atoms with Crippen LogP contribution in [-0.4, -0.2) is 47.0 Å². The molecule has 8 heteroatoms. The maximum atomic E-state index is 9.71. The number of ether oxygens (including phenoxy) is 2. The summed E-state index contributed by atoms with van der Waals surface area (Å²) in [6.07, 6.45) is 9.78. The number of unbranched alkanes of at least 4 members (excludes halogenated alkanes) is 2. The van der Waals surface area contributed by atoms with E-state index in [9.17, 15) is 10.2 Å². The Bertz CT molecular complexity index is 691. The summed E-state index contributed by atoms with van der Waals surface area (Å²) in [6, 6.07) is 0. The van der Waals surface area contributed by atoms with E-state index < -0.39 is 0 Å². The zero-order valence-corrected chi connectivity index (χ0v) is 19.4. The van der Waals surface area contributed by atoms with Crippen LogP contribution in [0.1, 0.15) is 83.8 Å². The molecule has 176 valence electrons. The first-order valence-corrected chi connectivity index (χ1v) is 11.2. The number of rotatable bonds is 16. The van der Waals surface area contributed by atoms with E-state index in [1.165, 1.54) is 12.5 Å². The van der Waals surface area contributed by atoms with Crippen molar-refractivity contribution >= 4 is 0 Å². The first kappa shape index (κ1) is 25.2. The van der Waals surface area contributed by atoms with E-state index >= 15 is 0 Å². The Hall–Kier alpha value is -2.06. The van der Waals surface area contributed by atoms with Gasteiger partial charge < -0.3 is 28.7 Å². The van der Waals surface area contributed by atoms with Gasteiger partial charge in [-0.2, -0.15) is 0 Å². The minimum absolute atomic E-state index is 0.0143. The molecule has 0 unspecified atom stereocenters. The fraction of sp³-hybridized carbons (Fsp3) is 0.739. The summed E-state index contributed by atoms with van der Waals surface area (Å²) in [6.45, 7) is 11.2. The Balaban J connectivity index is 1.41. The van der Waals surface area contributed by atoms with Crippen molar-refractivity contribution in [3.63, 3.8) is 0 Å². The molecule has 8 nitrogen and oxygen atoms in total. The first-order chi connectivity index (χ1) is 14.7. The van der Waals surface area contributed by atoms with Crippen LogP contribution in [0.2, 0.25) is 0 Å². The Labute approximate surface area is 184 Å². The van der Waals surface area contributed by atoms with Gasteiger partial charge in [0.25, 0.3) is 11.8 Å². The van der Waals surface area contributed by atoms with E-state index in [0.717, 1.165) is 69.3 Å². The van der Waals surface area contributed by atoms with Gasteiger partial charge in [0.05, 0.1) is 11.1 Å². The Kier molecular flexibility index (Phi) is 9.84. The summed E-state index contributed by atoms with van der Waals surface area (Å²) in [4.78, 5) is 0. The molecule has 0 bridgehead atoms. The molecule has 2 N–H and O–H groups in total. The smallest absolute Gasteiger partial charge is 0.255 e. The number of aromatic nitrogens is 2. The quantitative estimate of drug-likeness (QED) is 0.349. The second kappa shape index (κ2) is 12.1. The van der Waals surface area contributed by atoms with Crippen molar-refractivity contribution in [1.29, 1.82) is 0 Å². The number of aromatic hydroxyl groups is 2. The molecular formula is C23H38N2O6. The largest absolute Gasteiger partial charge is 0.491 e. The van der Waals surface area contributed by atoms with Crippen LogP contribution >= 0.6 is 0 Å². The highest BCUT2D eigenvalue weighted by molar-refractivity contribution is 5.28. The molecule has 0 spiro atoms. The molecule has 0 aliphatic rings. The molecule has 2 aromatic heterocycles. The van der Waals surface area contributed by atoms with Crippen LogP contribution in [0, 0.1) is 0 Å². The summed E-state index contributed by atoms with van der Waals surface area (Å²) in [7, 11) is 0. The molecule has 0 amide bonds. The van der Waals surface area contributed by atoms with Crippen LogP contribution in [0.3, 0.4) is 0 Å². The minimum Gasteiger partial charge on any atom is -0.491 e. The lowest BCUT2D eigenvalue weighted by Gasteiger charge is -2.22. The summed E-state index contributed by atoms with van der Waals surface area (Å²) < 4.78 is 21.0. The van der Waals surface area contributed by atoms with Crippen molar-refractivity contribution in [2.45, 2.75) is 83.5 Å². The summed E-state index contributed by atoms with van der Waals surface area (Å²) >= 11 is 0. The Morgan fingerprint density at radius 2 is 1.06 bits per heavy atom. The van der Waals surface area contributed by atoms with Gasteiger partial charge in [-0.1, -0.05) is 40.5 Å². The molecule has 31 heavy (non-hydrogen) atoms. The molecule has 2 aromatic rings. The average Bonchev–Trinajstić information content (AvgIpc) is 3.34. The molecule has 2 rings (SSSR count). The third kappa shape index (κ3) is 8.18. The van der Waals surface area contributed by atoms with Crippen molar-refractivity contribution in [3.05, 3.63) is 23.7 Å². The first-order valence-electron chi connectivity index (χ1n) is 11.2. The Morgan fingerprint density at radius 1 is 0.677 bits per heavy atom. The maximum Gasteiger partial charge on any atom is 0.255 e. The topological polar surface area (TPSA) is 111 Å². The minimum atomic E-state index is -0.164. The predicted molar refractivity (Wildman–Crippen MR) is 116 cm³/mol. The van der Waals surface area contributed by atoms with Gasteiger partial charge in [0.2, 0.25) is 0 Å². The molecule has 0 saturated heterocycles. The van der Waals surface area contributed by atoms with E-state index in [0.29, 0.717) is 13.2 Å². The highest BCUT2D eigenvalue weighted by atomic mass is 16.5. The van der Waals surface area contributed by atoms with Crippen molar-refractivity contribution in [2.24, 2.45) is 0 Å². The van der Waals surface area contributed by atoms with Gasteiger partial charge in [-0.25, -0.2) is 0 Å². The number of hydrogen-bond acceptors (Lipinski definition) is 8. The highest BCUT2D eigenvalue weighted by Crippen LogP contribution is 2.35. The monoisotopic (exact) mass is 438 g/mol. The molecule has 2 heterocycles. The van der Waals surface area contributed by atoms with Gasteiger partial charge in [0.15, 0.2) is 0 Å². The summed E-state index contributed by atoms with van der Waals surface area (Å²) in [5, 5.41) is 26.5. The fourth-order valence-corrected chi connectivity index (χ4v) is 3.66. The molecule has 0 atom stereocenters. The van der Waals surface area contributed by atoms with E-state index in [1.807, 2.05) is 0 Å². The lowest BCUT2D eigenvalue weighted by atomic mass is 9.81. The van der Waals surface area contributed by atoms with Crippen LogP contribution in [0.4, 0.5) is 0 Å². The van der Waals surface area contributed by atoms with Crippen molar-refractivity contribution in [2.75, 3.05) is 26.4 Å². The SMILES string of the molecule is CC(C)(CCCCOCCCOCCCCC(C)(C)c1conc1O)c1conc1O. The van der Waals surface area contributed by atoms with Gasteiger partial charge in [0, 0.05) is 26.4 Å². The Morgan fingerprint density at radius 3 is 1.42 bits per heavy atom. The average molecular weight is 439 g/mol. The summed E-state index contributed by atoms with van der Waals surface area (Å²) in [5.41, 5.74) is 1.18. The highest BCUT2D eigenvalue weighted by Gasteiger charge is 2.27. The molecule has 0 saturated carbocycles. The van der Waals surface area contributed by atoms with E-state index in [1.54, 1.807) is 0 Å². The van der Waals surface area contributed by atoms with Crippen LogP contribution in [-0.2, 0) is 20.3 Å². The molecule has 0 aliphatic carbocycles. The van der Waals surface area contributed by atoms with Crippen LogP contribution in [0.25, 0.3) is 0 Å². The molecule has 0 radical (unpaired) electrons. The molecule has 0 aromatic carbocycles. The van der Waals surface area contributed by atoms with Gasteiger partial charge in [0.1, 0.15) is 12.5 Å². The zero-order chi connectivity index (χ0) is 22.7. The number of nitrogens with zero attached hydrogens (tertiary/aromatic N) is 2. The maximum absolute atomic E-state index is 9.71. The molecule has 0 fully saturated rings. The van der Waals surface area contributed by atoms with E-state index in [-0.39, 0.29) is 22.6 Å². The fourth-order valence-electron chi connectivity index (χ4n) is 3.66. The molecule has 0 aliphatic heterocycles. The van der Waals surface area contributed by atoms with Crippen LogP contribution in [0.15, 0.2) is 21.6 Å². The lowest BCUT2D eigenvalue weighted by molar-refractivity contribution is 0.0787. The second-order valence-electron chi connectivity index (χ2n) is 9.36. The van der Waals surface area contributed by atoms with Crippen LogP contribution in [0.5, 0.6) is 11.8 Å². The van der Waals surface area contributed by atoms with Crippen molar-refractivity contribution in [1.82, 2.24) is 10.3 Å². The van der Waals surface area contributed by atoms with Crippen molar-refractivity contribution < 1.29 is 28.7 Å². The van der Waals surface area contributed by atoms with E-state index in [4.69, 9.17) is 18.5 Å². The normalized spacial score (nSPS) is 12.5. The van der Waals surface area contributed by atoms with Crippen LogP contribution < -0.4 is 0 Å². The second-order valence-corrected chi connectivity index (χ2v) is 9.36. The van der Waals surface area contributed by atoms with E-state index in [2.05, 4.69) is 38.0 Å². The third-order valence-corrected chi connectivity index (χ3v) is 5.82. The molecular weight excluding hydrogens is 400 g/mol. The van der Waals surface area contributed by atoms with Gasteiger partial charge in [-0.05, 0) is 53.2 Å². The zero-order valence-electron chi connectivity index (χ0n) is 19.4. The summed E-state index contributed by atoms with van der Waals surface area (Å²) in [5.74, 6) is -0.0287. The van der Waals surface area contributed by atoms with Gasteiger partial charge in [-0.15, -0.1) is 0 Å². The number of hydrogen-bond donors (Lipinski definition) is 2. The van der Waals surface area contributed by atoms with Gasteiger partial charge >= 0.3 is 0 Å². The van der Waals surface area contributed by atoms with Gasteiger partial charge in [-0.3, -0.25) is 0 Å². The standard InChI is InChI=1S/C23H38N2O6/c1-22(2,18-16-30-24-20(18)26)10-5-7-12-28-14-9-15-29-13-8-6-11-23(3,4)19-17-31-25-21(19)27/h16-17H,5-15H2,1-4H3,(H,24,26)(H,25,27). The van der Waals surface area contributed by atoms with Crippen molar-refractivity contribution in [3.8, 4) is 11.8 Å². The third-order valence-electron chi connectivity index (χ3n) is 5.82. The predicted octanol–water partition coefficient (Wildman–Crippen LogP) is 5.09.